The Morgan fingerprint density at radius 2 is 1.35 bits per heavy atom. The first-order chi connectivity index (χ1) is 20.9. The number of rotatable bonds is 22. The lowest BCUT2D eigenvalue weighted by molar-refractivity contribution is -0.153. The van der Waals surface area contributed by atoms with E-state index in [9.17, 15) is 19.2 Å². The van der Waals surface area contributed by atoms with Gasteiger partial charge in [0.2, 0.25) is 6.08 Å². The normalized spacial score (nSPS) is 11.3. The van der Waals surface area contributed by atoms with Crippen molar-refractivity contribution in [2.24, 2.45) is 4.99 Å². The molecule has 9 nitrogen and oxygen atoms in total. The summed E-state index contributed by atoms with van der Waals surface area (Å²) < 4.78 is 16.0. The topological polar surface area (TPSA) is 134 Å². The van der Waals surface area contributed by atoms with E-state index >= 15 is 0 Å². The van der Waals surface area contributed by atoms with E-state index in [1.54, 1.807) is 24.3 Å². The Kier molecular flexibility index (Phi) is 17.8. The van der Waals surface area contributed by atoms with Gasteiger partial charge in [0.15, 0.2) is 6.61 Å². The molecule has 0 aromatic heterocycles. The van der Waals surface area contributed by atoms with Crippen molar-refractivity contribution in [1.82, 2.24) is 0 Å². The van der Waals surface area contributed by atoms with Gasteiger partial charge in [-0.25, -0.2) is 14.4 Å². The van der Waals surface area contributed by atoms with Crippen LogP contribution in [0.3, 0.4) is 0 Å². The third kappa shape index (κ3) is 16.3. The van der Waals surface area contributed by atoms with Crippen molar-refractivity contribution in [3.8, 4) is 5.75 Å². The molecule has 2 aromatic carbocycles. The third-order valence-corrected chi connectivity index (χ3v) is 7.05. The minimum absolute atomic E-state index is 0.0560. The Balaban J connectivity index is 1.51. The Bertz CT molecular complexity index is 1140. The van der Waals surface area contributed by atoms with E-state index in [0.717, 1.165) is 70.6 Å². The van der Waals surface area contributed by atoms with Gasteiger partial charge in [-0.05, 0) is 80.6 Å². The number of nitrogens with two attached hydrogens (primary N) is 1. The summed E-state index contributed by atoms with van der Waals surface area (Å²) in [6, 6.07) is 12.9. The van der Waals surface area contributed by atoms with Gasteiger partial charge in [0, 0.05) is 12.1 Å². The number of carbonyl (C=O) groups excluding carboxylic acids is 4. The predicted octanol–water partition coefficient (Wildman–Crippen LogP) is 7.78. The summed E-state index contributed by atoms with van der Waals surface area (Å²) in [5.74, 6) is -1.11. The summed E-state index contributed by atoms with van der Waals surface area (Å²) in [4.78, 5) is 50.1. The molecule has 2 N–H and O–H groups in total. The number of isocyanates is 1. The Morgan fingerprint density at radius 1 is 0.767 bits per heavy atom. The molecule has 0 saturated carbocycles. The van der Waals surface area contributed by atoms with E-state index in [1.165, 1.54) is 43.2 Å². The van der Waals surface area contributed by atoms with Gasteiger partial charge in [0.25, 0.3) is 0 Å². The van der Waals surface area contributed by atoms with Crippen LogP contribution >= 0.6 is 0 Å². The zero-order valence-electron chi connectivity index (χ0n) is 25.4. The average Bonchev–Trinajstić information content (AvgIpc) is 3.00. The lowest BCUT2D eigenvalue weighted by Crippen LogP contribution is -2.18. The van der Waals surface area contributed by atoms with Gasteiger partial charge in [0.05, 0.1) is 11.3 Å². The van der Waals surface area contributed by atoms with Crippen LogP contribution in [0.4, 0.5) is 11.4 Å². The van der Waals surface area contributed by atoms with Crippen molar-refractivity contribution in [1.29, 1.82) is 0 Å². The highest BCUT2D eigenvalue weighted by Crippen LogP contribution is 2.20. The summed E-state index contributed by atoms with van der Waals surface area (Å²) in [7, 11) is 0. The molecule has 234 valence electrons. The maximum absolute atomic E-state index is 12.6. The number of unbranched alkanes of at least 4 members (excludes halogenated alkanes) is 10. The molecular formula is C34H46N2O7. The summed E-state index contributed by atoms with van der Waals surface area (Å²) in [5.41, 5.74) is 7.29. The molecule has 0 aliphatic rings. The number of nitrogen functional groups attached to an aromatic ring is 1. The molecule has 0 bridgehead atoms. The number of benzene rings is 2. The summed E-state index contributed by atoms with van der Waals surface area (Å²) >= 11 is 0. The quantitative estimate of drug-likeness (QED) is 0.0365. The minimum Gasteiger partial charge on any atom is -0.459 e. The number of aliphatic imine (C=N–C) groups is 1. The highest BCUT2D eigenvalue weighted by atomic mass is 16.6. The highest BCUT2D eigenvalue weighted by molar-refractivity contribution is 5.89. The molecule has 0 spiro atoms. The number of nitrogens with zero attached hydrogens (tertiary/aromatic N) is 1. The van der Waals surface area contributed by atoms with Gasteiger partial charge >= 0.3 is 17.9 Å². The molecule has 0 amide bonds. The van der Waals surface area contributed by atoms with Crippen LogP contribution in [0.1, 0.15) is 114 Å². The molecule has 2 aromatic rings. The van der Waals surface area contributed by atoms with Crippen LogP contribution < -0.4 is 10.5 Å². The Hall–Kier alpha value is -3.97. The Morgan fingerprint density at radius 3 is 1.95 bits per heavy atom. The number of hydrogen-bond donors (Lipinski definition) is 1. The van der Waals surface area contributed by atoms with Crippen LogP contribution in [0, 0.1) is 0 Å². The van der Waals surface area contributed by atoms with E-state index in [-0.39, 0.29) is 24.2 Å². The second kappa shape index (κ2) is 21.7. The molecule has 9 heteroatoms. The highest BCUT2D eigenvalue weighted by Gasteiger charge is 2.16. The van der Waals surface area contributed by atoms with Crippen LogP contribution in [-0.4, -0.2) is 36.7 Å². The average molecular weight is 595 g/mol. The summed E-state index contributed by atoms with van der Waals surface area (Å²) in [6.45, 7) is 1.74. The number of carbonyl (C=O) groups is 3. The largest absolute Gasteiger partial charge is 0.459 e. The lowest BCUT2D eigenvalue weighted by Gasteiger charge is -2.18. The first-order valence-corrected chi connectivity index (χ1v) is 15.5. The van der Waals surface area contributed by atoms with Crippen molar-refractivity contribution in [2.45, 2.75) is 109 Å². The van der Waals surface area contributed by atoms with Gasteiger partial charge in [-0.15, -0.1) is 0 Å². The Labute approximate surface area is 255 Å². The first kappa shape index (κ1) is 35.2. The van der Waals surface area contributed by atoms with E-state index < -0.39 is 18.5 Å². The van der Waals surface area contributed by atoms with Crippen molar-refractivity contribution >= 4 is 35.4 Å². The fourth-order valence-corrected chi connectivity index (χ4v) is 4.62. The van der Waals surface area contributed by atoms with Crippen molar-refractivity contribution in [2.75, 3.05) is 12.3 Å². The molecule has 0 fully saturated rings. The second-order valence-electron chi connectivity index (χ2n) is 10.7. The molecule has 2 rings (SSSR count). The van der Waals surface area contributed by atoms with Gasteiger partial charge in [-0.2, -0.15) is 4.99 Å². The maximum atomic E-state index is 12.6. The van der Waals surface area contributed by atoms with Crippen LogP contribution in [0.2, 0.25) is 0 Å². The fraction of sp³-hybridized carbons (Fsp3) is 0.529. The standard InChI is InChI=1S/C34H46N2O7/c1-2-3-4-11-14-30(43-34(40)27-17-19-28(35)20-18-27)15-12-9-7-5-6-8-10-13-16-32(38)41-25-33(39)42-31-23-21-29(22-24-31)36-26-37/h17-24,30H,2-16,25,35H2,1H3/t30-/m1/s1. The SMILES string of the molecule is CCCCCC[C@H](CCCCCCCCCCC(=O)OCC(=O)Oc1ccc(N=C=O)cc1)OC(=O)c1ccc(N)cc1. The molecule has 1 atom stereocenters. The molecule has 0 heterocycles. The zero-order chi connectivity index (χ0) is 31.1. The van der Waals surface area contributed by atoms with Crippen molar-refractivity contribution in [3.63, 3.8) is 0 Å². The molecule has 0 aliphatic heterocycles. The second-order valence-corrected chi connectivity index (χ2v) is 10.7. The molecule has 0 saturated heterocycles. The van der Waals surface area contributed by atoms with Crippen LogP contribution in [-0.2, 0) is 23.9 Å². The number of ether oxygens (including phenoxy) is 3. The van der Waals surface area contributed by atoms with Gasteiger partial charge in [-0.1, -0.05) is 64.7 Å². The van der Waals surface area contributed by atoms with E-state index in [0.29, 0.717) is 23.4 Å². The molecule has 0 aliphatic carbocycles. The number of hydrogen-bond acceptors (Lipinski definition) is 9. The number of esters is 3. The summed E-state index contributed by atoms with van der Waals surface area (Å²) in [6.07, 6.45) is 16.2. The van der Waals surface area contributed by atoms with Crippen molar-refractivity contribution in [3.05, 3.63) is 54.1 Å². The van der Waals surface area contributed by atoms with Crippen LogP contribution in [0.25, 0.3) is 0 Å². The fourth-order valence-electron chi connectivity index (χ4n) is 4.62. The lowest BCUT2D eigenvalue weighted by atomic mass is 10.0. The third-order valence-electron chi connectivity index (χ3n) is 7.05. The molecular weight excluding hydrogens is 548 g/mol. The maximum Gasteiger partial charge on any atom is 0.349 e. The molecule has 43 heavy (non-hydrogen) atoms. The minimum atomic E-state index is -0.678. The first-order valence-electron chi connectivity index (χ1n) is 15.5. The van der Waals surface area contributed by atoms with Crippen molar-refractivity contribution < 1.29 is 33.4 Å². The monoisotopic (exact) mass is 594 g/mol. The summed E-state index contributed by atoms with van der Waals surface area (Å²) in [5, 5.41) is 0. The zero-order valence-corrected chi connectivity index (χ0v) is 25.4. The number of anilines is 1. The van der Waals surface area contributed by atoms with E-state index in [2.05, 4.69) is 11.9 Å². The smallest absolute Gasteiger partial charge is 0.349 e. The van der Waals surface area contributed by atoms with Gasteiger partial charge in [-0.3, -0.25) is 4.79 Å². The van der Waals surface area contributed by atoms with Crippen LogP contribution in [0.15, 0.2) is 53.5 Å². The predicted molar refractivity (Wildman–Crippen MR) is 166 cm³/mol. The van der Waals surface area contributed by atoms with Gasteiger partial charge < -0.3 is 19.9 Å². The van der Waals surface area contributed by atoms with Crippen LogP contribution in [0.5, 0.6) is 5.75 Å². The molecule has 0 unspecified atom stereocenters. The van der Waals surface area contributed by atoms with E-state index in [1.807, 2.05) is 0 Å². The van der Waals surface area contributed by atoms with Gasteiger partial charge in [0.1, 0.15) is 11.9 Å². The molecule has 0 radical (unpaired) electrons. The van der Waals surface area contributed by atoms with E-state index in [4.69, 9.17) is 19.9 Å².